The van der Waals surface area contributed by atoms with Crippen LogP contribution < -0.4 is 5.32 Å². The van der Waals surface area contributed by atoms with Gasteiger partial charge in [-0.1, -0.05) is 6.07 Å². The number of nitrogens with one attached hydrogen (secondary N) is 2. The predicted molar refractivity (Wildman–Crippen MR) is 80.9 cm³/mol. The largest absolute Gasteiger partial charge is 0.289 e. The number of hydrogen-bond donors (Lipinski definition) is 2. The molecule has 0 aliphatic rings. The smallest absolute Gasteiger partial charge is 0.258 e. The van der Waals surface area contributed by atoms with Crippen LogP contribution in [0.5, 0.6) is 0 Å². The van der Waals surface area contributed by atoms with Gasteiger partial charge < -0.3 is 0 Å². The Kier molecular flexibility index (Phi) is 3.80. The summed E-state index contributed by atoms with van der Waals surface area (Å²) in [5, 5.41) is 17.9. The fourth-order valence-corrected chi connectivity index (χ4v) is 1.96. The van der Waals surface area contributed by atoms with Crippen molar-refractivity contribution in [1.82, 2.24) is 15.2 Å². The Morgan fingerprint density at radius 2 is 2.00 bits per heavy atom. The van der Waals surface area contributed by atoms with Crippen LogP contribution in [0.3, 0.4) is 0 Å². The maximum Gasteiger partial charge on any atom is 0.258 e. The number of halogens is 1. The molecular weight excluding hydrogens is 297 g/mol. The summed E-state index contributed by atoms with van der Waals surface area (Å²) in [6.07, 6.45) is 0. The predicted octanol–water partition coefficient (Wildman–Crippen LogP) is 2.73. The summed E-state index contributed by atoms with van der Waals surface area (Å²) in [5.41, 5.74) is 1.36. The second-order valence-electron chi connectivity index (χ2n) is 4.66. The third-order valence-electron chi connectivity index (χ3n) is 3.08. The summed E-state index contributed by atoms with van der Waals surface area (Å²) < 4.78 is 12.9. The van der Waals surface area contributed by atoms with Crippen molar-refractivity contribution in [2.24, 2.45) is 0 Å². The number of aromatic nitrogens is 3. The third kappa shape index (κ3) is 3.22. The lowest BCUT2D eigenvalue weighted by atomic mass is 10.1. The maximum atomic E-state index is 12.9. The molecule has 1 heterocycles. The summed E-state index contributed by atoms with van der Waals surface area (Å²) in [7, 11) is 0. The molecule has 112 valence electrons. The number of carbonyl (C=O) groups excluding carboxylic acids is 1. The van der Waals surface area contributed by atoms with Crippen molar-refractivity contribution in [3.8, 4) is 17.5 Å². The summed E-state index contributed by atoms with van der Waals surface area (Å²) in [6.45, 7) is 0. The zero-order valence-corrected chi connectivity index (χ0v) is 11.7. The van der Waals surface area contributed by atoms with Crippen LogP contribution in [0.25, 0.3) is 11.4 Å². The van der Waals surface area contributed by atoms with E-state index in [1.165, 1.54) is 18.2 Å². The van der Waals surface area contributed by atoms with Crippen molar-refractivity contribution < 1.29 is 9.18 Å². The Balaban J connectivity index is 1.77. The van der Waals surface area contributed by atoms with Gasteiger partial charge in [0.05, 0.1) is 11.6 Å². The number of H-pyrrole nitrogens is 1. The molecule has 1 aromatic heterocycles. The minimum atomic E-state index is -0.424. The lowest BCUT2D eigenvalue weighted by molar-refractivity contribution is 0.102. The number of benzene rings is 2. The van der Waals surface area contributed by atoms with E-state index in [0.717, 1.165) is 0 Å². The van der Waals surface area contributed by atoms with E-state index in [-0.39, 0.29) is 11.8 Å². The highest BCUT2D eigenvalue weighted by Crippen LogP contribution is 2.16. The van der Waals surface area contributed by atoms with Gasteiger partial charge in [0, 0.05) is 11.1 Å². The number of rotatable bonds is 3. The topological polar surface area (TPSA) is 94.5 Å². The van der Waals surface area contributed by atoms with Crippen LogP contribution in [0.15, 0.2) is 48.5 Å². The molecule has 3 aromatic rings. The van der Waals surface area contributed by atoms with Crippen LogP contribution in [0, 0.1) is 17.1 Å². The minimum Gasteiger partial charge on any atom is -0.289 e. The Bertz CT molecular complexity index is 895. The summed E-state index contributed by atoms with van der Waals surface area (Å²) in [4.78, 5) is 16.2. The van der Waals surface area contributed by atoms with Crippen LogP contribution in [-0.4, -0.2) is 21.1 Å². The molecule has 6 nitrogen and oxygen atoms in total. The number of amides is 1. The molecule has 0 bridgehead atoms. The van der Waals surface area contributed by atoms with Crippen LogP contribution in [-0.2, 0) is 0 Å². The van der Waals surface area contributed by atoms with Gasteiger partial charge >= 0.3 is 0 Å². The summed E-state index contributed by atoms with van der Waals surface area (Å²) in [5.74, 6) is -0.270. The molecule has 0 aliphatic carbocycles. The summed E-state index contributed by atoms with van der Waals surface area (Å²) >= 11 is 0. The number of nitrogens with zero attached hydrogens (tertiary/aromatic N) is 3. The molecule has 0 radical (unpaired) electrons. The molecule has 0 aliphatic heterocycles. The average Bonchev–Trinajstić information content (AvgIpc) is 3.04. The molecule has 1 amide bonds. The molecule has 0 atom stereocenters. The van der Waals surface area contributed by atoms with Gasteiger partial charge in [-0.25, -0.2) is 4.39 Å². The number of aromatic amines is 1. The van der Waals surface area contributed by atoms with Gasteiger partial charge in [-0.2, -0.15) is 10.2 Å². The minimum absolute atomic E-state index is 0.0942. The lowest BCUT2D eigenvalue weighted by Crippen LogP contribution is -2.13. The Labute approximate surface area is 130 Å². The van der Waals surface area contributed by atoms with E-state index in [0.29, 0.717) is 22.5 Å². The zero-order chi connectivity index (χ0) is 16.2. The first kappa shape index (κ1) is 14.4. The van der Waals surface area contributed by atoms with Crippen molar-refractivity contribution in [3.63, 3.8) is 0 Å². The first-order chi connectivity index (χ1) is 11.2. The molecule has 2 N–H and O–H groups in total. The van der Waals surface area contributed by atoms with Gasteiger partial charge in [0.1, 0.15) is 5.82 Å². The zero-order valence-electron chi connectivity index (χ0n) is 11.7. The normalized spacial score (nSPS) is 10.1. The van der Waals surface area contributed by atoms with Crippen molar-refractivity contribution in [2.45, 2.75) is 0 Å². The number of nitriles is 1. The highest BCUT2D eigenvalue weighted by Gasteiger charge is 2.11. The molecule has 0 saturated carbocycles. The highest BCUT2D eigenvalue weighted by atomic mass is 19.1. The van der Waals surface area contributed by atoms with Gasteiger partial charge in [0.25, 0.3) is 5.91 Å². The molecule has 0 spiro atoms. The summed E-state index contributed by atoms with van der Waals surface area (Å²) in [6, 6.07) is 14.0. The highest BCUT2D eigenvalue weighted by molar-refractivity contribution is 6.03. The van der Waals surface area contributed by atoms with E-state index < -0.39 is 5.91 Å². The van der Waals surface area contributed by atoms with E-state index in [2.05, 4.69) is 20.5 Å². The van der Waals surface area contributed by atoms with E-state index in [9.17, 15) is 9.18 Å². The van der Waals surface area contributed by atoms with E-state index in [4.69, 9.17) is 5.26 Å². The van der Waals surface area contributed by atoms with Crippen molar-refractivity contribution >= 4 is 11.9 Å². The number of hydrogen-bond acceptors (Lipinski definition) is 4. The Morgan fingerprint density at radius 3 is 2.74 bits per heavy atom. The second-order valence-corrected chi connectivity index (χ2v) is 4.66. The van der Waals surface area contributed by atoms with Crippen LogP contribution >= 0.6 is 0 Å². The Hall–Kier alpha value is -3.53. The van der Waals surface area contributed by atoms with Crippen LogP contribution in [0.2, 0.25) is 0 Å². The third-order valence-corrected chi connectivity index (χ3v) is 3.08. The lowest BCUT2D eigenvalue weighted by Gasteiger charge is -2.00. The van der Waals surface area contributed by atoms with Gasteiger partial charge in [-0.05, 0) is 42.5 Å². The molecule has 3 rings (SSSR count). The fraction of sp³-hybridized carbons (Fsp3) is 0. The van der Waals surface area contributed by atoms with Crippen molar-refractivity contribution in [3.05, 3.63) is 65.5 Å². The number of carbonyl (C=O) groups is 1. The molecule has 23 heavy (non-hydrogen) atoms. The van der Waals surface area contributed by atoms with Crippen LogP contribution in [0.4, 0.5) is 10.3 Å². The standard InChI is InChI=1S/C16H10FN5O/c17-13-6-4-11(5-7-13)14-19-16(22-21-14)20-15(23)12-3-1-2-10(8-12)9-18/h1-8H,(H2,19,20,21,22,23). The first-order valence-corrected chi connectivity index (χ1v) is 6.65. The average molecular weight is 307 g/mol. The Morgan fingerprint density at radius 1 is 1.22 bits per heavy atom. The first-order valence-electron chi connectivity index (χ1n) is 6.65. The fourth-order valence-electron chi connectivity index (χ4n) is 1.96. The second kappa shape index (κ2) is 6.07. The van der Waals surface area contributed by atoms with E-state index in [1.807, 2.05) is 6.07 Å². The SMILES string of the molecule is N#Cc1cccc(C(=O)Nc2n[nH]c(-c3ccc(F)cc3)n2)c1. The molecule has 2 aromatic carbocycles. The van der Waals surface area contributed by atoms with Crippen LogP contribution in [0.1, 0.15) is 15.9 Å². The van der Waals surface area contributed by atoms with Gasteiger partial charge in [0.15, 0.2) is 5.82 Å². The van der Waals surface area contributed by atoms with Gasteiger partial charge in [-0.15, -0.1) is 5.10 Å². The van der Waals surface area contributed by atoms with Crippen molar-refractivity contribution in [1.29, 1.82) is 5.26 Å². The molecule has 0 saturated heterocycles. The van der Waals surface area contributed by atoms with Crippen molar-refractivity contribution in [2.75, 3.05) is 5.32 Å². The molecule has 7 heteroatoms. The molecule has 0 fully saturated rings. The monoisotopic (exact) mass is 307 g/mol. The maximum absolute atomic E-state index is 12.9. The van der Waals surface area contributed by atoms with E-state index >= 15 is 0 Å². The molecular formula is C16H10FN5O. The van der Waals surface area contributed by atoms with Gasteiger partial charge in [0.2, 0.25) is 5.95 Å². The van der Waals surface area contributed by atoms with E-state index in [1.54, 1.807) is 30.3 Å². The molecule has 0 unspecified atom stereocenters. The number of anilines is 1. The van der Waals surface area contributed by atoms with Gasteiger partial charge in [-0.3, -0.25) is 15.2 Å². The quantitative estimate of drug-likeness (QED) is 0.778.